The van der Waals surface area contributed by atoms with Crippen molar-refractivity contribution in [1.82, 2.24) is 0 Å². The van der Waals surface area contributed by atoms with Crippen molar-refractivity contribution in [2.45, 2.75) is 26.2 Å². The van der Waals surface area contributed by atoms with Crippen molar-refractivity contribution in [3.8, 4) is 0 Å². The zero-order valence-electron chi connectivity index (χ0n) is 11.8. The van der Waals surface area contributed by atoms with Gasteiger partial charge in [0.2, 0.25) is 0 Å². The average molecular weight is 290 g/mol. The highest BCUT2D eigenvalue weighted by Crippen LogP contribution is 2.23. The zero-order valence-corrected chi connectivity index (χ0v) is 12.6. The molecule has 0 fully saturated rings. The van der Waals surface area contributed by atoms with Crippen molar-refractivity contribution in [2.75, 3.05) is 0 Å². The molecule has 0 spiro atoms. The maximum Gasteiger partial charge on any atom is 0.141 e. The Balaban J connectivity index is 2.17. The van der Waals surface area contributed by atoms with Gasteiger partial charge in [-0.05, 0) is 34.7 Å². The number of aliphatic imine (C=N–C) groups is 1. The second-order valence-electron chi connectivity index (χ2n) is 5.73. The van der Waals surface area contributed by atoms with E-state index in [-0.39, 0.29) is 10.4 Å². The Hall–Kier alpha value is -1.67. The minimum absolute atomic E-state index is 0.0859. The summed E-state index contributed by atoms with van der Waals surface area (Å²) in [6.07, 6.45) is 1.75. The fourth-order valence-corrected chi connectivity index (χ4v) is 1.96. The number of hydrogen-bond acceptors (Lipinski definition) is 1. The van der Waals surface area contributed by atoms with Crippen molar-refractivity contribution in [3.63, 3.8) is 0 Å². The molecule has 0 amide bonds. The Kier molecular flexibility index (Phi) is 4.24. The van der Waals surface area contributed by atoms with E-state index in [4.69, 9.17) is 11.6 Å². The fourth-order valence-electron chi connectivity index (χ4n) is 1.78. The first-order chi connectivity index (χ1) is 9.36. The highest BCUT2D eigenvalue weighted by atomic mass is 35.5. The van der Waals surface area contributed by atoms with Gasteiger partial charge in [0, 0.05) is 6.21 Å². The molecule has 0 saturated heterocycles. The van der Waals surface area contributed by atoms with E-state index in [2.05, 4.69) is 37.9 Å². The number of rotatable bonds is 2. The number of halogens is 2. The lowest BCUT2D eigenvalue weighted by Gasteiger charge is -2.18. The first kappa shape index (κ1) is 14.7. The predicted octanol–water partition coefficient (Wildman–Crippen LogP) is 5.53. The summed E-state index contributed by atoms with van der Waals surface area (Å²) in [5.41, 5.74) is 3.05. The van der Waals surface area contributed by atoms with Crippen molar-refractivity contribution >= 4 is 23.5 Å². The summed E-state index contributed by atoms with van der Waals surface area (Å²) >= 11 is 5.72. The second kappa shape index (κ2) is 5.76. The molecule has 0 aliphatic heterocycles. The molecule has 0 bridgehead atoms. The molecule has 0 aliphatic rings. The third kappa shape index (κ3) is 3.67. The second-order valence-corrected chi connectivity index (χ2v) is 6.14. The first-order valence-corrected chi connectivity index (χ1v) is 6.84. The molecule has 104 valence electrons. The van der Waals surface area contributed by atoms with E-state index in [1.54, 1.807) is 12.3 Å². The Labute approximate surface area is 124 Å². The van der Waals surface area contributed by atoms with E-state index >= 15 is 0 Å². The fraction of sp³-hybridized carbons (Fsp3) is 0.235. The van der Waals surface area contributed by atoms with Crippen LogP contribution in [-0.2, 0) is 5.41 Å². The SMILES string of the molecule is CC(C)(C)c1ccc(C=Nc2ccc(F)c(Cl)c2)cc1. The predicted molar refractivity (Wildman–Crippen MR) is 83.8 cm³/mol. The van der Waals surface area contributed by atoms with Crippen LogP contribution in [0, 0.1) is 5.82 Å². The average Bonchev–Trinajstić information content (AvgIpc) is 2.40. The van der Waals surface area contributed by atoms with Gasteiger partial charge in [0.15, 0.2) is 0 Å². The minimum atomic E-state index is -0.430. The summed E-state index contributed by atoms with van der Waals surface area (Å²) in [4.78, 5) is 4.29. The largest absolute Gasteiger partial charge is 0.256 e. The molecule has 0 heterocycles. The summed E-state index contributed by atoms with van der Waals surface area (Å²) in [5, 5.41) is 0.0859. The van der Waals surface area contributed by atoms with Gasteiger partial charge in [0.1, 0.15) is 5.82 Å². The molecule has 2 aromatic carbocycles. The molecule has 1 nitrogen and oxygen atoms in total. The van der Waals surface area contributed by atoms with Gasteiger partial charge in [-0.1, -0.05) is 56.6 Å². The third-order valence-electron chi connectivity index (χ3n) is 3.04. The van der Waals surface area contributed by atoms with E-state index in [9.17, 15) is 4.39 Å². The summed E-state index contributed by atoms with van der Waals surface area (Å²) in [6, 6.07) is 12.7. The molecule has 2 rings (SSSR count). The molecular weight excluding hydrogens is 273 g/mol. The Morgan fingerprint density at radius 2 is 1.70 bits per heavy atom. The van der Waals surface area contributed by atoms with E-state index < -0.39 is 5.82 Å². The maximum absolute atomic E-state index is 13.0. The summed E-state index contributed by atoms with van der Waals surface area (Å²) in [6.45, 7) is 6.53. The third-order valence-corrected chi connectivity index (χ3v) is 3.33. The molecule has 0 aliphatic carbocycles. The topological polar surface area (TPSA) is 12.4 Å². The van der Waals surface area contributed by atoms with Crippen molar-refractivity contribution in [2.24, 2.45) is 4.99 Å². The van der Waals surface area contributed by atoms with Gasteiger partial charge < -0.3 is 0 Å². The Bertz CT molecular complexity index is 624. The Morgan fingerprint density at radius 3 is 2.25 bits per heavy atom. The van der Waals surface area contributed by atoms with Crippen LogP contribution < -0.4 is 0 Å². The number of benzene rings is 2. The van der Waals surface area contributed by atoms with Crippen molar-refractivity contribution < 1.29 is 4.39 Å². The highest BCUT2D eigenvalue weighted by molar-refractivity contribution is 6.31. The number of nitrogens with zero attached hydrogens (tertiary/aromatic N) is 1. The lowest BCUT2D eigenvalue weighted by molar-refractivity contribution is 0.590. The van der Waals surface area contributed by atoms with Crippen LogP contribution in [0.3, 0.4) is 0 Å². The van der Waals surface area contributed by atoms with E-state index in [0.717, 1.165) is 5.56 Å². The quantitative estimate of drug-likeness (QED) is 0.645. The van der Waals surface area contributed by atoms with Gasteiger partial charge in [-0.15, -0.1) is 0 Å². The zero-order chi connectivity index (χ0) is 14.8. The molecule has 0 N–H and O–H groups in total. The molecule has 0 saturated carbocycles. The summed E-state index contributed by atoms with van der Waals surface area (Å²) < 4.78 is 13.0. The molecule has 3 heteroatoms. The van der Waals surface area contributed by atoms with Gasteiger partial charge in [-0.25, -0.2) is 4.39 Å². The van der Waals surface area contributed by atoms with E-state index in [1.807, 2.05) is 12.1 Å². The summed E-state index contributed by atoms with van der Waals surface area (Å²) in [7, 11) is 0. The molecule has 2 aromatic rings. The molecule has 0 radical (unpaired) electrons. The van der Waals surface area contributed by atoms with Gasteiger partial charge in [-0.3, -0.25) is 4.99 Å². The van der Waals surface area contributed by atoms with E-state index in [1.165, 1.54) is 17.7 Å². The Morgan fingerprint density at radius 1 is 1.05 bits per heavy atom. The molecule has 0 unspecified atom stereocenters. The molecule has 0 aromatic heterocycles. The first-order valence-electron chi connectivity index (χ1n) is 6.46. The lowest BCUT2D eigenvalue weighted by atomic mass is 9.87. The van der Waals surface area contributed by atoms with Crippen molar-refractivity contribution in [1.29, 1.82) is 0 Å². The molecule has 0 atom stereocenters. The van der Waals surface area contributed by atoms with Crippen LogP contribution in [0.25, 0.3) is 0 Å². The molecule has 20 heavy (non-hydrogen) atoms. The monoisotopic (exact) mass is 289 g/mol. The van der Waals surface area contributed by atoms with Crippen LogP contribution in [0.5, 0.6) is 0 Å². The highest BCUT2D eigenvalue weighted by Gasteiger charge is 2.12. The van der Waals surface area contributed by atoms with Gasteiger partial charge >= 0.3 is 0 Å². The smallest absolute Gasteiger partial charge is 0.141 e. The minimum Gasteiger partial charge on any atom is -0.256 e. The lowest BCUT2D eigenvalue weighted by Crippen LogP contribution is -2.10. The van der Waals surface area contributed by atoms with Crippen LogP contribution in [0.1, 0.15) is 31.9 Å². The van der Waals surface area contributed by atoms with Crippen LogP contribution >= 0.6 is 11.6 Å². The van der Waals surface area contributed by atoms with Crippen LogP contribution in [0.15, 0.2) is 47.5 Å². The summed E-state index contributed by atoms with van der Waals surface area (Å²) in [5.74, 6) is -0.430. The van der Waals surface area contributed by atoms with Crippen molar-refractivity contribution in [3.05, 3.63) is 64.4 Å². The maximum atomic E-state index is 13.0. The van der Waals surface area contributed by atoms with Crippen LogP contribution in [-0.4, -0.2) is 6.21 Å². The normalized spacial score (nSPS) is 12.1. The standard InChI is InChI=1S/C17H17ClFN/c1-17(2,3)13-6-4-12(5-7-13)11-20-14-8-9-16(19)15(18)10-14/h4-11H,1-3H3. The van der Waals surface area contributed by atoms with Gasteiger partial charge in [0.25, 0.3) is 0 Å². The number of hydrogen-bond donors (Lipinski definition) is 0. The van der Waals surface area contributed by atoms with Gasteiger partial charge in [0.05, 0.1) is 10.7 Å². The van der Waals surface area contributed by atoms with Crippen LogP contribution in [0.2, 0.25) is 5.02 Å². The van der Waals surface area contributed by atoms with E-state index in [0.29, 0.717) is 5.69 Å². The van der Waals surface area contributed by atoms with Crippen LogP contribution in [0.4, 0.5) is 10.1 Å². The van der Waals surface area contributed by atoms with Gasteiger partial charge in [-0.2, -0.15) is 0 Å². The molecular formula is C17H17ClFN.